The zero-order chi connectivity index (χ0) is 13.9. The Bertz CT molecular complexity index is 278. The Morgan fingerprint density at radius 2 is 1.68 bits per heavy atom. The third-order valence-corrected chi connectivity index (χ3v) is 4.17. The van der Waals surface area contributed by atoms with Crippen LogP contribution in [0.2, 0.25) is 0 Å². The zero-order valence-corrected chi connectivity index (χ0v) is 11.1. The molecule has 1 aliphatic heterocycles. The number of rotatable bonds is 3. The van der Waals surface area contributed by atoms with Crippen LogP contribution in [0, 0.1) is 0 Å². The summed E-state index contributed by atoms with van der Waals surface area (Å²) in [6.45, 7) is 0.172. The minimum Gasteiger partial charge on any atom is -0.392 e. The van der Waals surface area contributed by atoms with Gasteiger partial charge in [-0.25, -0.2) is 0 Å². The Hall–Kier alpha value is -0.330. The lowest BCUT2D eigenvalue weighted by atomic mass is 9.91. The summed E-state index contributed by atoms with van der Waals surface area (Å²) in [5.74, 6) is 0. The molecule has 2 N–H and O–H groups in total. The molecule has 0 radical (unpaired) electrons. The van der Waals surface area contributed by atoms with Crippen molar-refractivity contribution < 1.29 is 18.3 Å². The van der Waals surface area contributed by atoms with Gasteiger partial charge in [0.05, 0.1) is 12.6 Å². The molecule has 0 bridgehead atoms. The standard InChI is InChI=1S/C13H23F3N2O/c14-13(15,16)9-18-7-5-10(6-8-18)17-11-3-1-2-4-12(11)19/h10-12,17,19H,1-9H2/t11-,12+/m0/s1. The molecule has 2 rings (SSSR count). The lowest BCUT2D eigenvalue weighted by Crippen LogP contribution is -2.51. The second kappa shape index (κ2) is 6.41. The van der Waals surface area contributed by atoms with E-state index in [4.69, 9.17) is 0 Å². The molecule has 6 heteroatoms. The van der Waals surface area contributed by atoms with E-state index in [1.165, 1.54) is 4.90 Å². The van der Waals surface area contributed by atoms with E-state index in [0.29, 0.717) is 13.1 Å². The highest BCUT2D eigenvalue weighted by Gasteiger charge is 2.33. The fraction of sp³-hybridized carbons (Fsp3) is 1.00. The number of aliphatic hydroxyl groups is 1. The number of hydrogen-bond acceptors (Lipinski definition) is 3. The van der Waals surface area contributed by atoms with E-state index in [1.807, 2.05) is 0 Å². The van der Waals surface area contributed by atoms with Crippen molar-refractivity contribution in [3.63, 3.8) is 0 Å². The van der Waals surface area contributed by atoms with Crippen LogP contribution >= 0.6 is 0 Å². The smallest absolute Gasteiger partial charge is 0.392 e. The highest BCUT2D eigenvalue weighted by atomic mass is 19.4. The average molecular weight is 280 g/mol. The molecular weight excluding hydrogens is 257 g/mol. The van der Waals surface area contributed by atoms with Crippen molar-refractivity contribution in [3.05, 3.63) is 0 Å². The van der Waals surface area contributed by atoms with Crippen LogP contribution in [0.15, 0.2) is 0 Å². The van der Waals surface area contributed by atoms with Gasteiger partial charge in [0.15, 0.2) is 0 Å². The largest absolute Gasteiger partial charge is 0.401 e. The Morgan fingerprint density at radius 3 is 2.26 bits per heavy atom. The summed E-state index contributed by atoms with van der Waals surface area (Å²) < 4.78 is 36.8. The molecule has 2 aliphatic rings. The van der Waals surface area contributed by atoms with Crippen LogP contribution in [-0.4, -0.2) is 54.0 Å². The quantitative estimate of drug-likeness (QED) is 0.829. The lowest BCUT2D eigenvalue weighted by Gasteiger charge is -2.37. The maximum absolute atomic E-state index is 12.3. The van der Waals surface area contributed by atoms with E-state index < -0.39 is 12.7 Å². The first-order chi connectivity index (χ1) is 8.94. The fourth-order valence-corrected chi connectivity index (χ4v) is 3.12. The van der Waals surface area contributed by atoms with E-state index in [0.717, 1.165) is 38.5 Å². The molecule has 1 aliphatic carbocycles. The Kier molecular flexibility index (Phi) is 5.09. The van der Waals surface area contributed by atoms with Crippen LogP contribution in [0.5, 0.6) is 0 Å². The maximum atomic E-state index is 12.3. The van der Waals surface area contributed by atoms with Crippen LogP contribution in [0.25, 0.3) is 0 Å². The van der Waals surface area contributed by atoms with Crippen LogP contribution in [0.3, 0.4) is 0 Å². The number of halogens is 3. The van der Waals surface area contributed by atoms with E-state index in [-0.39, 0.29) is 18.2 Å². The van der Waals surface area contributed by atoms with Crippen LogP contribution in [0.1, 0.15) is 38.5 Å². The van der Waals surface area contributed by atoms with Crippen LogP contribution in [0.4, 0.5) is 13.2 Å². The predicted octanol–water partition coefficient (Wildman–Crippen LogP) is 1.91. The molecule has 0 unspecified atom stereocenters. The molecule has 2 fully saturated rings. The van der Waals surface area contributed by atoms with Gasteiger partial charge in [0.2, 0.25) is 0 Å². The number of likely N-dealkylation sites (tertiary alicyclic amines) is 1. The lowest BCUT2D eigenvalue weighted by molar-refractivity contribution is -0.148. The monoisotopic (exact) mass is 280 g/mol. The second-order valence-electron chi connectivity index (χ2n) is 5.79. The molecule has 3 nitrogen and oxygen atoms in total. The van der Waals surface area contributed by atoms with Gasteiger partial charge in [-0.1, -0.05) is 12.8 Å². The first kappa shape index (κ1) is 15.1. The van der Waals surface area contributed by atoms with Gasteiger partial charge in [0, 0.05) is 12.1 Å². The minimum absolute atomic E-state index is 0.132. The normalized spacial score (nSPS) is 31.6. The molecule has 19 heavy (non-hydrogen) atoms. The molecule has 0 amide bonds. The molecule has 0 aromatic rings. The first-order valence-corrected chi connectivity index (χ1v) is 7.17. The van der Waals surface area contributed by atoms with E-state index in [9.17, 15) is 18.3 Å². The zero-order valence-electron chi connectivity index (χ0n) is 11.1. The summed E-state index contributed by atoms with van der Waals surface area (Å²) in [4.78, 5) is 1.47. The summed E-state index contributed by atoms with van der Waals surface area (Å²) in [7, 11) is 0. The van der Waals surface area contributed by atoms with Crippen molar-refractivity contribution in [2.75, 3.05) is 19.6 Å². The Morgan fingerprint density at radius 1 is 1.05 bits per heavy atom. The molecule has 2 atom stereocenters. The van der Waals surface area contributed by atoms with Crippen molar-refractivity contribution in [2.24, 2.45) is 0 Å². The van der Waals surface area contributed by atoms with Crippen molar-refractivity contribution in [1.29, 1.82) is 0 Å². The highest BCUT2D eigenvalue weighted by molar-refractivity contribution is 4.86. The van der Waals surface area contributed by atoms with E-state index in [2.05, 4.69) is 5.32 Å². The van der Waals surface area contributed by atoms with Gasteiger partial charge in [-0.15, -0.1) is 0 Å². The molecule has 1 saturated carbocycles. The Labute approximate surface area is 112 Å². The number of alkyl halides is 3. The number of nitrogens with one attached hydrogen (secondary N) is 1. The third-order valence-electron chi connectivity index (χ3n) is 4.17. The fourth-order valence-electron chi connectivity index (χ4n) is 3.12. The number of aliphatic hydroxyl groups excluding tert-OH is 1. The summed E-state index contributed by atoms with van der Waals surface area (Å²) in [6.07, 6.45) is 1.10. The summed E-state index contributed by atoms with van der Waals surface area (Å²) >= 11 is 0. The molecular formula is C13H23F3N2O. The number of nitrogens with zero attached hydrogens (tertiary/aromatic N) is 1. The highest BCUT2D eigenvalue weighted by Crippen LogP contribution is 2.22. The van der Waals surface area contributed by atoms with Crippen molar-refractivity contribution >= 4 is 0 Å². The minimum atomic E-state index is -4.10. The molecule has 1 saturated heterocycles. The molecule has 112 valence electrons. The van der Waals surface area contributed by atoms with Gasteiger partial charge < -0.3 is 10.4 Å². The summed E-state index contributed by atoms with van der Waals surface area (Å²) in [5, 5.41) is 13.3. The van der Waals surface area contributed by atoms with Gasteiger partial charge in [-0.05, 0) is 38.8 Å². The predicted molar refractivity (Wildman–Crippen MR) is 66.9 cm³/mol. The topological polar surface area (TPSA) is 35.5 Å². The molecule has 0 aromatic heterocycles. The number of piperidine rings is 1. The van der Waals surface area contributed by atoms with Gasteiger partial charge in [0.25, 0.3) is 0 Å². The van der Waals surface area contributed by atoms with E-state index in [1.54, 1.807) is 0 Å². The Balaban J connectivity index is 1.71. The first-order valence-electron chi connectivity index (χ1n) is 7.17. The summed E-state index contributed by atoms with van der Waals surface area (Å²) in [6, 6.07) is 0.384. The SMILES string of the molecule is O[C@@H]1CCCC[C@@H]1NC1CCN(CC(F)(F)F)CC1. The average Bonchev–Trinajstić information content (AvgIpc) is 2.33. The van der Waals surface area contributed by atoms with Gasteiger partial charge in [0.1, 0.15) is 0 Å². The molecule has 0 aromatic carbocycles. The van der Waals surface area contributed by atoms with Crippen molar-refractivity contribution in [1.82, 2.24) is 10.2 Å². The van der Waals surface area contributed by atoms with E-state index >= 15 is 0 Å². The molecule has 0 spiro atoms. The van der Waals surface area contributed by atoms with Crippen LogP contribution < -0.4 is 5.32 Å². The van der Waals surface area contributed by atoms with Crippen molar-refractivity contribution in [3.8, 4) is 0 Å². The summed E-state index contributed by atoms with van der Waals surface area (Å²) in [5.41, 5.74) is 0. The van der Waals surface area contributed by atoms with Gasteiger partial charge in [-0.3, -0.25) is 4.90 Å². The maximum Gasteiger partial charge on any atom is 0.401 e. The second-order valence-corrected chi connectivity index (χ2v) is 5.79. The van der Waals surface area contributed by atoms with Crippen LogP contribution in [-0.2, 0) is 0 Å². The van der Waals surface area contributed by atoms with Crippen molar-refractivity contribution in [2.45, 2.75) is 62.9 Å². The number of hydrogen-bond donors (Lipinski definition) is 2. The molecule has 1 heterocycles. The van der Waals surface area contributed by atoms with Gasteiger partial charge >= 0.3 is 6.18 Å². The van der Waals surface area contributed by atoms with Gasteiger partial charge in [-0.2, -0.15) is 13.2 Å². The third kappa shape index (κ3) is 4.93.